The van der Waals surface area contributed by atoms with E-state index in [1.54, 1.807) is 0 Å². The molecule has 0 aliphatic carbocycles. The normalized spacial score (nSPS) is 12.7. The summed E-state index contributed by atoms with van der Waals surface area (Å²) in [5, 5.41) is 24.2. The number of carbonyl (C=O) groups is 2. The summed E-state index contributed by atoms with van der Waals surface area (Å²) in [6.07, 6.45) is -2.09. The van der Waals surface area contributed by atoms with Crippen molar-refractivity contribution in [3.63, 3.8) is 0 Å². The summed E-state index contributed by atoms with van der Waals surface area (Å²) >= 11 is 0. The van der Waals surface area contributed by atoms with Gasteiger partial charge in [-0.25, -0.2) is 4.79 Å². The summed E-state index contributed by atoms with van der Waals surface area (Å²) in [6.45, 7) is -0.951. The minimum atomic E-state index is -2.09. The Bertz CT molecular complexity index is 129. The molecule has 0 radical (unpaired) electrons. The van der Waals surface area contributed by atoms with Gasteiger partial charge in [-0.05, 0) is 0 Å². The van der Waals surface area contributed by atoms with Gasteiger partial charge in [-0.15, -0.1) is 0 Å². The highest BCUT2D eigenvalue weighted by Crippen LogP contribution is 1.83. The smallest absolute Gasteiger partial charge is 0.340 e. The predicted octanol–water partition coefficient (Wildman–Crippen LogP) is -2.01. The molecule has 0 rings (SSSR count). The zero-order valence-electron chi connectivity index (χ0n) is 4.44. The number of hydrogen-bond acceptors (Lipinski definition) is 4. The Kier molecular flexibility index (Phi) is 2.83. The molecule has 0 spiro atoms. The maximum atomic E-state index is 10.1. The molecular weight excluding hydrogens is 128 g/mol. The number of ketones is 1. The van der Waals surface area contributed by atoms with E-state index in [2.05, 4.69) is 0 Å². The lowest BCUT2D eigenvalue weighted by Gasteiger charge is -1.98. The molecule has 0 saturated heterocycles. The van der Waals surface area contributed by atoms with E-state index >= 15 is 0 Å². The van der Waals surface area contributed by atoms with Crippen LogP contribution in [0.1, 0.15) is 0 Å². The zero-order valence-corrected chi connectivity index (χ0v) is 4.44. The summed E-state index contributed by atoms with van der Waals surface area (Å²) < 4.78 is 0. The van der Waals surface area contributed by atoms with E-state index in [0.29, 0.717) is 0 Å². The third-order valence-electron chi connectivity index (χ3n) is 0.695. The minimum Gasteiger partial charge on any atom is -0.479 e. The van der Waals surface area contributed by atoms with Crippen molar-refractivity contribution in [3.8, 4) is 0 Å². The molecule has 0 aliphatic heterocycles. The molecule has 0 aliphatic rings. The fourth-order valence-electron chi connectivity index (χ4n) is 0.224. The zero-order chi connectivity index (χ0) is 7.44. The largest absolute Gasteiger partial charge is 0.479 e. The summed E-state index contributed by atoms with van der Waals surface area (Å²) in [6, 6.07) is 0. The number of aliphatic carboxylic acids is 1. The standard InChI is InChI=1S/C4H6O5/c5-1-2(6)3(7)4(8)9/h3,5,7H,1H2,(H,8,9). The number of carboxylic acid groups (broad SMARTS) is 1. The van der Waals surface area contributed by atoms with Gasteiger partial charge < -0.3 is 15.3 Å². The third-order valence-corrected chi connectivity index (χ3v) is 0.695. The van der Waals surface area contributed by atoms with Crippen LogP contribution < -0.4 is 0 Å². The van der Waals surface area contributed by atoms with Gasteiger partial charge >= 0.3 is 5.97 Å². The molecule has 0 aromatic carbocycles. The van der Waals surface area contributed by atoms with Crippen molar-refractivity contribution in [3.05, 3.63) is 0 Å². The van der Waals surface area contributed by atoms with Gasteiger partial charge in [0.2, 0.25) is 6.10 Å². The van der Waals surface area contributed by atoms with Gasteiger partial charge in [-0.3, -0.25) is 4.79 Å². The van der Waals surface area contributed by atoms with Gasteiger partial charge in [0.05, 0.1) is 0 Å². The van der Waals surface area contributed by atoms with Crippen molar-refractivity contribution in [2.45, 2.75) is 6.10 Å². The lowest BCUT2D eigenvalue weighted by atomic mass is 10.2. The molecule has 1 atom stereocenters. The Morgan fingerprint density at radius 3 is 2.00 bits per heavy atom. The first-order chi connectivity index (χ1) is 4.09. The second-order valence-corrected chi connectivity index (χ2v) is 1.37. The maximum Gasteiger partial charge on any atom is 0.340 e. The molecule has 9 heavy (non-hydrogen) atoms. The van der Waals surface area contributed by atoms with Crippen molar-refractivity contribution in [1.29, 1.82) is 0 Å². The van der Waals surface area contributed by atoms with Crippen LogP contribution in [-0.4, -0.2) is 39.8 Å². The van der Waals surface area contributed by atoms with Crippen molar-refractivity contribution in [1.82, 2.24) is 0 Å². The molecule has 0 bridgehead atoms. The SMILES string of the molecule is O=C(O)C(O)C(=O)CO. The van der Waals surface area contributed by atoms with Crippen LogP contribution in [0.15, 0.2) is 0 Å². The molecule has 5 nitrogen and oxygen atoms in total. The molecule has 0 fully saturated rings. The molecule has 0 aromatic rings. The maximum absolute atomic E-state index is 10.1. The lowest BCUT2D eigenvalue weighted by Crippen LogP contribution is -2.31. The van der Waals surface area contributed by atoms with E-state index in [0.717, 1.165) is 0 Å². The van der Waals surface area contributed by atoms with Crippen LogP contribution in [0.5, 0.6) is 0 Å². The van der Waals surface area contributed by atoms with Gasteiger partial charge in [0.1, 0.15) is 6.61 Å². The van der Waals surface area contributed by atoms with E-state index in [1.165, 1.54) is 0 Å². The first-order valence-electron chi connectivity index (χ1n) is 2.14. The number of carbonyl (C=O) groups excluding carboxylic acids is 1. The first kappa shape index (κ1) is 8.06. The quantitative estimate of drug-likeness (QED) is 0.388. The monoisotopic (exact) mass is 134 g/mol. The molecule has 52 valence electrons. The fraction of sp³-hybridized carbons (Fsp3) is 0.500. The van der Waals surface area contributed by atoms with Crippen molar-refractivity contribution < 1.29 is 24.9 Å². The number of carboxylic acids is 1. The molecular formula is C4H6O5. The second-order valence-electron chi connectivity index (χ2n) is 1.37. The topological polar surface area (TPSA) is 94.8 Å². The van der Waals surface area contributed by atoms with Gasteiger partial charge in [0.15, 0.2) is 5.78 Å². The van der Waals surface area contributed by atoms with Crippen LogP contribution >= 0.6 is 0 Å². The van der Waals surface area contributed by atoms with E-state index in [1.807, 2.05) is 0 Å². The summed E-state index contributed by atoms with van der Waals surface area (Å²) in [5.41, 5.74) is 0. The van der Waals surface area contributed by atoms with Crippen LogP contribution in [0.4, 0.5) is 0 Å². The Morgan fingerprint density at radius 2 is 1.89 bits per heavy atom. The van der Waals surface area contributed by atoms with Crippen molar-refractivity contribution in [2.24, 2.45) is 0 Å². The van der Waals surface area contributed by atoms with Crippen LogP contribution in [0.25, 0.3) is 0 Å². The van der Waals surface area contributed by atoms with Crippen LogP contribution in [0, 0.1) is 0 Å². The van der Waals surface area contributed by atoms with Gasteiger partial charge in [-0.1, -0.05) is 0 Å². The van der Waals surface area contributed by atoms with Crippen molar-refractivity contribution >= 4 is 11.8 Å². The lowest BCUT2D eigenvalue weighted by molar-refractivity contribution is -0.153. The highest BCUT2D eigenvalue weighted by Gasteiger charge is 2.20. The predicted molar refractivity (Wildman–Crippen MR) is 25.7 cm³/mol. The Hall–Kier alpha value is -0.940. The van der Waals surface area contributed by atoms with Gasteiger partial charge in [0.25, 0.3) is 0 Å². The van der Waals surface area contributed by atoms with Gasteiger partial charge in [-0.2, -0.15) is 0 Å². The Morgan fingerprint density at radius 1 is 1.44 bits per heavy atom. The number of Topliss-reactive ketones (excluding diaryl/α,β-unsaturated/α-hetero) is 1. The average molecular weight is 134 g/mol. The van der Waals surface area contributed by atoms with Gasteiger partial charge in [0, 0.05) is 0 Å². The summed E-state index contributed by atoms with van der Waals surface area (Å²) in [4.78, 5) is 19.8. The molecule has 5 heteroatoms. The van der Waals surface area contributed by atoms with E-state index < -0.39 is 24.5 Å². The number of hydrogen-bond donors (Lipinski definition) is 3. The Labute approximate surface area is 50.5 Å². The van der Waals surface area contributed by atoms with Crippen LogP contribution in [0.2, 0.25) is 0 Å². The fourth-order valence-corrected chi connectivity index (χ4v) is 0.224. The third kappa shape index (κ3) is 2.20. The molecule has 0 amide bonds. The number of rotatable bonds is 3. The average Bonchev–Trinajstić information content (AvgIpc) is 1.84. The molecule has 0 aromatic heterocycles. The minimum absolute atomic E-state index is 0.951. The van der Waals surface area contributed by atoms with E-state index in [-0.39, 0.29) is 0 Å². The first-order valence-corrected chi connectivity index (χ1v) is 2.14. The molecule has 0 saturated carbocycles. The Balaban J connectivity index is 3.88. The summed E-state index contributed by atoms with van der Waals surface area (Å²) in [7, 11) is 0. The summed E-state index contributed by atoms with van der Waals surface area (Å²) in [5.74, 6) is -2.75. The number of aliphatic hydroxyl groups is 2. The number of aliphatic hydroxyl groups excluding tert-OH is 2. The molecule has 3 N–H and O–H groups in total. The van der Waals surface area contributed by atoms with E-state index in [4.69, 9.17) is 15.3 Å². The van der Waals surface area contributed by atoms with E-state index in [9.17, 15) is 9.59 Å². The van der Waals surface area contributed by atoms with Crippen molar-refractivity contribution in [2.75, 3.05) is 6.61 Å². The van der Waals surface area contributed by atoms with Crippen LogP contribution in [0.3, 0.4) is 0 Å². The van der Waals surface area contributed by atoms with Crippen LogP contribution in [-0.2, 0) is 9.59 Å². The molecule has 0 heterocycles. The highest BCUT2D eigenvalue weighted by atomic mass is 16.4. The highest BCUT2D eigenvalue weighted by molar-refractivity contribution is 6.01. The second kappa shape index (κ2) is 3.16. The molecule has 1 unspecified atom stereocenters.